The molecular formula is C19H24O5. The Labute approximate surface area is 141 Å². The van der Waals surface area contributed by atoms with Gasteiger partial charge in [-0.25, -0.2) is 0 Å². The molecule has 0 aromatic heterocycles. The minimum Gasteiger partial charge on any atom is -0.481 e. The van der Waals surface area contributed by atoms with Gasteiger partial charge in [-0.15, -0.1) is 0 Å². The second kappa shape index (κ2) is 4.93. The van der Waals surface area contributed by atoms with E-state index in [1.807, 2.05) is 0 Å². The van der Waals surface area contributed by atoms with Crippen LogP contribution in [-0.2, 0) is 19.1 Å². The Balaban J connectivity index is 1.92. The molecule has 0 radical (unpaired) electrons. The Kier molecular flexibility index (Phi) is 3.26. The smallest absolute Gasteiger partial charge is 0.310 e. The fraction of sp³-hybridized carbons (Fsp3) is 0.737. The Bertz CT molecular complexity index is 677. The number of esters is 1. The normalized spacial score (nSPS) is 43.4. The molecule has 3 saturated carbocycles. The molecule has 4 rings (SSSR count). The fourth-order valence-corrected chi connectivity index (χ4v) is 6.34. The molecule has 0 unspecified atom stereocenters. The molecule has 5 atom stereocenters. The van der Waals surface area contributed by atoms with Gasteiger partial charge in [-0.2, -0.15) is 0 Å². The van der Waals surface area contributed by atoms with E-state index >= 15 is 0 Å². The third kappa shape index (κ3) is 1.73. The number of Topliss-reactive ketones (excluding diaryl/α,β-unsaturated/α-hetero) is 1. The molecule has 0 aromatic carbocycles. The van der Waals surface area contributed by atoms with Crippen molar-refractivity contribution in [1.29, 1.82) is 0 Å². The van der Waals surface area contributed by atoms with Crippen molar-refractivity contribution >= 4 is 17.7 Å². The summed E-state index contributed by atoms with van der Waals surface area (Å²) in [6.45, 7) is 1.78. The summed E-state index contributed by atoms with van der Waals surface area (Å²) >= 11 is 0. The summed E-state index contributed by atoms with van der Waals surface area (Å²) in [6, 6.07) is 0. The minimum atomic E-state index is -0.952. The summed E-state index contributed by atoms with van der Waals surface area (Å²) in [5.74, 6) is -1.72. The van der Waals surface area contributed by atoms with E-state index in [0.717, 1.165) is 31.3 Å². The van der Waals surface area contributed by atoms with E-state index in [0.29, 0.717) is 19.3 Å². The Morgan fingerprint density at radius 3 is 2.71 bits per heavy atom. The zero-order valence-corrected chi connectivity index (χ0v) is 14.3. The number of rotatable bonds is 2. The maximum Gasteiger partial charge on any atom is 0.310 e. The molecule has 0 heterocycles. The first kappa shape index (κ1) is 15.9. The van der Waals surface area contributed by atoms with E-state index in [4.69, 9.17) is 4.74 Å². The van der Waals surface area contributed by atoms with Crippen molar-refractivity contribution in [3.63, 3.8) is 0 Å². The van der Waals surface area contributed by atoms with Crippen molar-refractivity contribution in [2.75, 3.05) is 7.11 Å². The van der Waals surface area contributed by atoms with Crippen molar-refractivity contribution < 1.29 is 24.2 Å². The molecule has 1 N–H and O–H groups in total. The van der Waals surface area contributed by atoms with Crippen molar-refractivity contribution in [1.82, 2.24) is 0 Å². The van der Waals surface area contributed by atoms with Gasteiger partial charge in [-0.1, -0.05) is 11.1 Å². The molecule has 0 amide bonds. The van der Waals surface area contributed by atoms with Crippen LogP contribution in [0.2, 0.25) is 0 Å². The molecule has 5 heteroatoms. The number of carbonyl (C=O) groups excluding carboxylic acids is 2. The number of fused-ring (bicyclic) bond motifs is 2. The summed E-state index contributed by atoms with van der Waals surface area (Å²) in [7, 11) is 1.37. The molecule has 0 aliphatic heterocycles. The highest BCUT2D eigenvalue weighted by atomic mass is 16.5. The molecule has 0 saturated heterocycles. The van der Waals surface area contributed by atoms with Crippen LogP contribution >= 0.6 is 0 Å². The van der Waals surface area contributed by atoms with Gasteiger partial charge in [-0.05, 0) is 45.4 Å². The lowest BCUT2D eigenvalue weighted by Crippen LogP contribution is -2.47. The standard InChI is InChI=1S/C19H24O5/c1-18(17(22)23)7-3-4-11-12-6-5-10-8-19(12,9-13(10)20)15(14(11)18)16(21)24-2/h10,14-15H,3-9H2,1-2H3,(H,22,23)/t10-,14-,15-,18-,19-/m1/s1. The van der Waals surface area contributed by atoms with Gasteiger partial charge < -0.3 is 9.84 Å². The number of hydrogen-bond acceptors (Lipinski definition) is 4. The Morgan fingerprint density at radius 2 is 2.04 bits per heavy atom. The van der Waals surface area contributed by atoms with E-state index < -0.39 is 22.7 Å². The first-order chi connectivity index (χ1) is 11.3. The van der Waals surface area contributed by atoms with Crippen LogP contribution in [0.15, 0.2) is 11.1 Å². The largest absolute Gasteiger partial charge is 0.481 e. The minimum absolute atomic E-state index is 0.0396. The summed E-state index contributed by atoms with van der Waals surface area (Å²) in [6.07, 6.45) is 5.05. The van der Waals surface area contributed by atoms with Gasteiger partial charge in [0.1, 0.15) is 5.78 Å². The number of allylic oxidation sites excluding steroid dienone is 2. The molecule has 5 nitrogen and oxygen atoms in total. The number of carboxylic acid groups (broad SMARTS) is 1. The number of ketones is 1. The number of carboxylic acids is 1. The quantitative estimate of drug-likeness (QED) is 0.621. The molecule has 130 valence electrons. The van der Waals surface area contributed by atoms with Crippen molar-refractivity contribution in [3.05, 3.63) is 11.1 Å². The van der Waals surface area contributed by atoms with E-state index in [1.54, 1.807) is 6.92 Å². The van der Waals surface area contributed by atoms with Crippen LogP contribution in [0.4, 0.5) is 0 Å². The lowest BCUT2D eigenvalue weighted by Gasteiger charge is -2.43. The molecule has 1 spiro atoms. The topological polar surface area (TPSA) is 80.7 Å². The summed E-state index contributed by atoms with van der Waals surface area (Å²) in [4.78, 5) is 37.3. The molecule has 2 bridgehead atoms. The van der Waals surface area contributed by atoms with E-state index in [-0.39, 0.29) is 23.6 Å². The third-order valence-electron chi connectivity index (χ3n) is 7.36. The van der Waals surface area contributed by atoms with E-state index in [1.165, 1.54) is 12.7 Å². The van der Waals surface area contributed by atoms with Crippen LogP contribution in [0.1, 0.15) is 51.9 Å². The van der Waals surface area contributed by atoms with Crippen LogP contribution in [-0.4, -0.2) is 29.9 Å². The van der Waals surface area contributed by atoms with Crippen LogP contribution in [0, 0.1) is 28.6 Å². The predicted octanol–water partition coefficient (Wildman–Crippen LogP) is 2.74. The second-order valence-electron chi connectivity index (χ2n) is 8.30. The van der Waals surface area contributed by atoms with Crippen LogP contribution in [0.3, 0.4) is 0 Å². The highest BCUT2D eigenvalue weighted by molar-refractivity contribution is 5.90. The summed E-state index contributed by atoms with van der Waals surface area (Å²) < 4.78 is 5.12. The van der Waals surface area contributed by atoms with E-state index in [2.05, 4.69) is 0 Å². The van der Waals surface area contributed by atoms with Crippen molar-refractivity contribution in [2.45, 2.75) is 51.9 Å². The van der Waals surface area contributed by atoms with Gasteiger partial charge in [0.25, 0.3) is 0 Å². The Morgan fingerprint density at radius 1 is 1.29 bits per heavy atom. The lowest BCUT2D eigenvalue weighted by atomic mass is 9.59. The number of hydrogen-bond donors (Lipinski definition) is 1. The molecule has 3 fully saturated rings. The third-order valence-corrected chi connectivity index (χ3v) is 7.36. The number of methoxy groups -OCH3 is 1. The average molecular weight is 332 g/mol. The maximum atomic E-state index is 12.8. The molecule has 24 heavy (non-hydrogen) atoms. The first-order valence-electron chi connectivity index (χ1n) is 8.91. The zero-order valence-electron chi connectivity index (χ0n) is 14.3. The summed E-state index contributed by atoms with van der Waals surface area (Å²) in [5, 5.41) is 9.93. The van der Waals surface area contributed by atoms with Gasteiger partial charge in [0.15, 0.2) is 0 Å². The van der Waals surface area contributed by atoms with Gasteiger partial charge in [0, 0.05) is 23.7 Å². The fourth-order valence-electron chi connectivity index (χ4n) is 6.34. The van der Waals surface area contributed by atoms with Crippen LogP contribution in [0.25, 0.3) is 0 Å². The van der Waals surface area contributed by atoms with Gasteiger partial charge >= 0.3 is 11.9 Å². The number of carbonyl (C=O) groups is 3. The molecular weight excluding hydrogens is 308 g/mol. The number of ether oxygens (including phenoxy) is 1. The zero-order chi connectivity index (χ0) is 17.3. The number of aliphatic carboxylic acids is 1. The Hall–Kier alpha value is -1.65. The van der Waals surface area contributed by atoms with Gasteiger partial charge in [0.2, 0.25) is 0 Å². The maximum absolute atomic E-state index is 12.8. The monoisotopic (exact) mass is 332 g/mol. The SMILES string of the molecule is COC(=O)[C@H]1[C@H]2C(=C3CC[C@@H]4C[C@@]31CC4=O)CCC[C@@]2(C)C(=O)O. The molecule has 4 aliphatic rings. The average Bonchev–Trinajstić information content (AvgIpc) is 2.98. The predicted molar refractivity (Wildman–Crippen MR) is 85.0 cm³/mol. The lowest BCUT2D eigenvalue weighted by molar-refractivity contribution is -0.161. The van der Waals surface area contributed by atoms with Gasteiger partial charge in [-0.3, -0.25) is 14.4 Å². The van der Waals surface area contributed by atoms with Crippen molar-refractivity contribution in [2.24, 2.45) is 28.6 Å². The molecule has 4 aliphatic carbocycles. The summed E-state index contributed by atoms with van der Waals surface area (Å²) in [5.41, 5.74) is 0.979. The second-order valence-corrected chi connectivity index (χ2v) is 8.30. The highest BCUT2D eigenvalue weighted by Gasteiger charge is 2.67. The van der Waals surface area contributed by atoms with Crippen LogP contribution in [0.5, 0.6) is 0 Å². The van der Waals surface area contributed by atoms with Crippen LogP contribution < -0.4 is 0 Å². The van der Waals surface area contributed by atoms with Crippen molar-refractivity contribution in [3.8, 4) is 0 Å². The first-order valence-corrected chi connectivity index (χ1v) is 8.91. The highest BCUT2D eigenvalue weighted by Crippen LogP contribution is 2.69. The van der Waals surface area contributed by atoms with E-state index in [9.17, 15) is 19.5 Å². The molecule has 0 aromatic rings. The van der Waals surface area contributed by atoms with Gasteiger partial charge in [0.05, 0.1) is 18.4 Å².